The van der Waals surface area contributed by atoms with E-state index in [1.165, 1.54) is 6.20 Å². The summed E-state index contributed by atoms with van der Waals surface area (Å²) in [6.45, 7) is 4.71. The van der Waals surface area contributed by atoms with Crippen molar-refractivity contribution in [3.05, 3.63) is 17.8 Å². The second-order valence-corrected chi connectivity index (χ2v) is 3.96. The van der Waals surface area contributed by atoms with Crippen molar-refractivity contribution in [2.24, 2.45) is 0 Å². The number of nitrogen functional groups attached to an aromatic ring is 1. The maximum atomic E-state index is 12.2. The lowest BCUT2D eigenvalue weighted by atomic mass is 10.2. The molecule has 2 N–H and O–H groups in total. The average Bonchev–Trinajstić information content (AvgIpc) is 2.41. The van der Waals surface area contributed by atoms with Crippen molar-refractivity contribution >= 4 is 11.6 Å². The summed E-state index contributed by atoms with van der Waals surface area (Å²) in [4.78, 5) is 17.9. The number of rotatable bonds is 3. The molecule has 1 aliphatic heterocycles. The van der Waals surface area contributed by atoms with Crippen molar-refractivity contribution in [1.29, 1.82) is 0 Å². The van der Waals surface area contributed by atoms with Crippen molar-refractivity contribution in [1.82, 2.24) is 9.88 Å². The maximum Gasteiger partial charge on any atom is 0.255 e. The molecular formula is C12H17N3O3. The third-order valence-corrected chi connectivity index (χ3v) is 2.71. The van der Waals surface area contributed by atoms with E-state index in [0.29, 0.717) is 50.0 Å². The predicted octanol–water partition coefficient (Wildman–Crippen LogP) is 0.535. The molecule has 6 nitrogen and oxygen atoms in total. The summed E-state index contributed by atoms with van der Waals surface area (Å²) in [5, 5.41) is 0. The minimum Gasteiger partial charge on any atom is -0.477 e. The van der Waals surface area contributed by atoms with Gasteiger partial charge in [-0.3, -0.25) is 4.79 Å². The van der Waals surface area contributed by atoms with E-state index >= 15 is 0 Å². The first-order chi connectivity index (χ1) is 8.72. The van der Waals surface area contributed by atoms with Crippen LogP contribution in [0.3, 0.4) is 0 Å². The molecule has 18 heavy (non-hydrogen) atoms. The van der Waals surface area contributed by atoms with Crippen molar-refractivity contribution < 1.29 is 14.3 Å². The maximum absolute atomic E-state index is 12.2. The van der Waals surface area contributed by atoms with E-state index in [-0.39, 0.29) is 5.91 Å². The van der Waals surface area contributed by atoms with Gasteiger partial charge in [0, 0.05) is 19.3 Å². The van der Waals surface area contributed by atoms with Crippen molar-refractivity contribution in [2.45, 2.75) is 6.92 Å². The van der Waals surface area contributed by atoms with E-state index in [0.717, 1.165) is 0 Å². The lowest BCUT2D eigenvalue weighted by Crippen LogP contribution is -2.40. The summed E-state index contributed by atoms with van der Waals surface area (Å²) in [7, 11) is 0. The molecule has 1 fully saturated rings. The molecule has 1 aromatic heterocycles. The van der Waals surface area contributed by atoms with Crippen LogP contribution in [0.5, 0.6) is 5.88 Å². The second kappa shape index (κ2) is 5.68. The Morgan fingerprint density at radius 2 is 2.28 bits per heavy atom. The van der Waals surface area contributed by atoms with E-state index in [1.54, 1.807) is 11.0 Å². The Hall–Kier alpha value is -1.82. The van der Waals surface area contributed by atoms with E-state index in [1.807, 2.05) is 6.92 Å². The minimum absolute atomic E-state index is 0.0689. The van der Waals surface area contributed by atoms with Gasteiger partial charge in [-0.25, -0.2) is 4.98 Å². The minimum atomic E-state index is -0.0689. The molecule has 2 rings (SSSR count). The number of nitrogens with two attached hydrogens (primary N) is 1. The molecule has 0 radical (unpaired) electrons. The fourth-order valence-corrected chi connectivity index (χ4v) is 1.79. The molecule has 2 heterocycles. The SMILES string of the molecule is CCOc1ncc(C(=O)N2CCOCC2)cc1N. The van der Waals surface area contributed by atoms with E-state index in [2.05, 4.69) is 4.98 Å². The topological polar surface area (TPSA) is 77.7 Å². The van der Waals surface area contributed by atoms with Gasteiger partial charge >= 0.3 is 0 Å². The van der Waals surface area contributed by atoms with Crippen LogP contribution in [0.15, 0.2) is 12.3 Å². The monoisotopic (exact) mass is 251 g/mol. The highest BCUT2D eigenvalue weighted by atomic mass is 16.5. The third-order valence-electron chi connectivity index (χ3n) is 2.71. The van der Waals surface area contributed by atoms with Crippen LogP contribution in [-0.2, 0) is 4.74 Å². The molecule has 98 valence electrons. The van der Waals surface area contributed by atoms with Gasteiger partial charge in [-0.05, 0) is 13.0 Å². The predicted molar refractivity (Wildman–Crippen MR) is 66.5 cm³/mol. The number of carbonyl (C=O) groups is 1. The van der Waals surface area contributed by atoms with E-state index < -0.39 is 0 Å². The van der Waals surface area contributed by atoms with Crippen LogP contribution in [-0.4, -0.2) is 48.7 Å². The van der Waals surface area contributed by atoms with E-state index in [4.69, 9.17) is 15.2 Å². The largest absolute Gasteiger partial charge is 0.477 e. The smallest absolute Gasteiger partial charge is 0.255 e. The Balaban J connectivity index is 2.12. The van der Waals surface area contributed by atoms with Gasteiger partial charge in [0.15, 0.2) is 0 Å². The highest BCUT2D eigenvalue weighted by Gasteiger charge is 2.19. The molecule has 0 spiro atoms. The number of amides is 1. The fourth-order valence-electron chi connectivity index (χ4n) is 1.79. The normalized spacial score (nSPS) is 15.5. The van der Waals surface area contributed by atoms with Gasteiger partial charge in [0.05, 0.1) is 31.1 Å². The molecular weight excluding hydrogens is 234 g/mol. The molecule has 0 bridgehead atoms. The molecule has 1 aromatic rings. The Morgan fingerprint density at radius 3 is 2.89 bits per heavy atom. The highest BCUT2D eigenvalue weighted by molar-refractivity contribution is 5.95. The van der Waals surface area contributed by atoms with Gasteiger partial charge in [0.1, 0.15) is 0 Å². The lowest BCUT2D eigenvalue weighted by Gasteiger charge is -2.26. The summed E-state index contributed by atoms with van der Waals surface area (Å²) in [5.74, 6) is 0.302. The van der Waals surface area contributed by atoms with Crippen LogP contribution in [0.1, 0.15) is 17.3 Å². The number of nitrogens with zero attached hydrogens (tertiary/aromatic N) is 2. The van der Waals surface area contributed by atoms with Gasteiger partial charge in [-0.1, -0.05) is 0 Å². The van der Waals surface area contributed by atoms with Crippen LogP contribution in [0.2, 0.25) is 0 Å². The molecule has 0 aliphatic carbocycles. The third kappa shape index (κ3) is 2.70. The van der Waals surface area contributed by atoms with Gasteiger partial charge in [-0.15, -0.1) is 0 Å². The molecule has 1 amide bonds. The molecule has 0 unspecified atom stereocenters. The summed E-state index contributed by atoms with van der Waals surface area (Å²) in [6.07, 6.45) is 1.50. The number of aromatic nitrogens is 1. The van der Waals surface area contributed by atoms with Gasteiger partial charge in [-0.2, -0.15) is 0 Å². The second-order valence-electron chi connectivity index (χ2n) is 3.96. The lowest BCUT2D eigenvalue weighted by molar-refractivity contribution is 0.0302. The summed E-state index contributed by atoms with van der Waals surface area (Å²) < 4.78 is 10.4. The Kier molecular flexibility index (Phi) is 3.99. The quantitative estimate of drug-likeness (QED) is 0.848. The fraction of sp³-hybridized carbons (Fsp3) is 0.500. The number of ether oxygens (including phenoxy) is 2. The standard InChI is InChI=1S/C12H17N3O3/c1-2-18-11-10(13)7-9(8-14-11)12(16)15-3-5-17-6-4-15/h7-8H,2-6,13H2,1H3. The summed E-state index contributed by atoms with van der Waals surface area (Å²) >= 11 is 0. The van der Waals surface area contributed by atoms with Crippen LogP contribution < -0.4 is 10.5 Å². The van der Waals surface area contributed by atoms with Crippen molar-refractivity contribution in [2.75, 3.05) is 38.6 Å². The molecule has 0 saturated carbocycles. The Labute approximate surface area is 106 Å². The van der Waals surface area contributed by atoms with Crippen LogP contribution in [0.25, 0.3) is 0 Å². The number of hydrogen-bond acceptors (Lipinski definition) is 5. The molecule has 6 heteroatoms. The van der Waals surface area contributed by atoms with Crippen molar-refractivity contribution in [3.8, 4) is 5.88 Å². The van der Waals surface area contributed by atoms with Crippen LogP contribution in [0, 0.1) is 0 Å². The summed E-state index contributed by atoms with van der Waals surface area (Å²) in [5.41, 5.74) is 6.66. The molecule has 0 aromatic carbocycles. The number of carbonyl (C=O) groups excluding carboxylic acids is 1. The first-order valence-corrected chi connectivity index (χ1v) is 5.97. The zero-order valence-corrected chi connectivity index (χ0v) is 10.4. The zero-order chi connectivity index (χ0) is 13.0. The summed E-state index contributed by atoms with van der Waals surface area (Å²) in [6, 6.07) is 1.61. The molecule has 0 atom stereocenters. The van der Waals surface area contributed by atoms with Gasteiger partial charge in [0.2, 0.25) is 5.88 Å². The van der Waals surface area contributed by atoms with Crippen LogP contribution >= 0.6 is 0 Å². The van der Waals surface area contributed by atoms with Gasteiger partial charge in [0.25, 0.3) is 5.91 Å². The number of pyridine rings is 1. The van der Waals surface area contributed by atoms with Crippen molar-refractivity contribution in [3.63, 3.8) is 0 Å². The highest BCUT2D eigenvalue weighted by Crippen LogP contribution is 2.20. The number of morpholine rings is 1. The van der Waals surface area contributed by atoms with Crippen LogP contribution in [0.4, 0.5) is 5.69 Å². The first-order valence-electron chi connectivity index (χ1n) is 5.97. The zero-order valence-electron chi connectivity index (χ0n) is 10.4. The Morgan fingerprint density at radius 1 is 1.56 bits per heavy atom. The number of anilines is 1. The average molecular weight is 251 g/mol. The van der Waals surface area contributed by atoms with Gasteiger partial charge < -0.3 is 20.1 Å². The molecule has 1 saturated heterocycles. The number of hydrogen-bond donors (Lipinski definition) is 1. The molecule has 1 aliphatic rings. The Bertz CT molecular complexity index is 431. The van der Waals surface area contributed by atoms with E-state index in [9.17, 15) is 4.79 Å². The first kappa shape index (κ1) is 12.6.